The number of aromatic hydroxyl groups is 2. The van der Waals surface area contributed by atoms with Crippen LogP contribution in [0.4, 0.5) is 10.5 Å². The number of hydrogen-bond donors (Lipinski definition) is 9. The number of ketones is 4. The molecule has 8 atom stereocenters. The number of hydrogen-bond acceptors (Lipinski definition) is 18. The predicted molar refractivity (Wildman–Crippen MR) is 297 cm³/mol. The molecule has 2 aliphatic heterocycles. The van der Waals surface area contributed by atoms with Crippen LogP contribution in [-0.4, -0.2) is 139 Å². The Hall–Kier alpha value is -7.99. The minimum absolute atomic E-state index is 0.0152. The maximum Gasteiger partial charge on any atom is 0.407 e. The number of aryl methyl sites for hydroxylation is 1. The lowest BCUT2D eigenvalue weighted by Gasteiger charge is -2.42. The lowest BCUT2D eigenvalue weighted by atomic mass is 9.71. The van der Waals surface area contributed by atoms with Crippen molar-refractivity contribution in [1.82, 2.24) is 15.5 Å². The van der Waals surface area contributed by atoms with Gasteiger partial charge in [0.1, 0.15) is 36.4 Å². The highest BCUT2D eigenvalue weighted by Crippen LogP contribution is 2.52. The zero-order valence-electron chi connectivity index (χ0n) is 46.1. The van der Waals surface area contributed by atoms with Gasteiger partial charge in [-0.3, -0.25) is 43.3 Å². The third kappa shape index (κ3) is 14.1. The Morgan fingerprint density at radius 3 is 2.25 bits per heavy atom. The summed E-state index contributed by atoms with van der Waals surface area (Å²) in [6.07, 6.45) is -2.01. The predicted octanol–water partition coefficient (Wildman–Crippen LogP) is 4.12. The maximum atomic E-state index is 14.1. The molecule has 0 spiro atoms. The average molecular weight is 1140 g/mol. The van der Waals surface area contributed by atoms with Crippen molar-refractivity contribution >= 4 is 58.5 Å². The second kappa shape index (κ2) is 26.9. The summed E-state index contributed by atoms with van der Waals surface area (Å²) >= 11 is 0. The largest absolute Gasteiger partial charge is 0.507 e. The van der Waals surface area contributed by atoms with E-state index in [0.717, 1.165) is 10.5 Å². The van der Waals surface area contributed by atoms with Gasteiger partial charge < -0.3 is 61.4 Å². The Labute approximate surface area is 478 Å². The van der Waals surface area contributed by atoms with Gasteiger partial charge in [-0.1, -0.05) is 73.5 Å². The Bertz CT molecular complexity index is 3170. The van der Waals surface area contributed by atoms with Gasteiger partial charge in [0, 0.05) is 84.7 Å². The van der Waals surface area contributed by atoms with E-state index in [9.17, 15) is 68.7 Å². The fourth-order valence-electron chi connectivity index (χ4n) is 11.2. The highest BCUT2D eigenvalue weighted by atomic mass is 16.7. The van der Waals surface area contributed by atoms with Crippen molar-refractivity contribution in [1.29, 1.82) is 0 Å². The number of phenolic OH excluding ortho intramolecular Hbond substituents is 2. The van der Waals surface area contributed by atoms with Crippen LogP contribution in [0.1, 0.15) is 137 Å². The molecule has 83 heavy (non-hydrogen) atoms. The molecule has 8 rings (SSSR count). The molecule has 440 valence electrons. The topological polar surface area (TPSA) is 348 Å². The van der Waals surface area contributed by atoms with Gasteiger partial charge in [-0.15, -0.1) is 0 Å². The smallest absolute Gasteiger partial charge is 0.407 e. The molecule has 0 bridgehead atoms. The molecule has 0 aromatic heterocycles. The van der Waals surface area contributed by atoms with E-state index < -0.39 is 120 Å². The first-order chi connectivity index (χ1) is 39.7. The quantitative estimate of drug-likeness (QED) is 0.0225. The molecule has 4 aromatic rings. The number of nitrogens with zero attached hydrogens (tertiary/aromatic N) is 1. The molecule has 1 fully saturated rings. The number of carbonyl (C=O) groups is 9. The van der Waals surface area contributed by atoms with Crippen LogP contribution >= 0.6 is 0 Å². The van der Waals surface area contributed by atoms with Crippen LogP contribution in [-0.2, 0) is 62.4 Å². The fourth-order valence-corrected chi connectivity index (χ4v) is 11.2. The van der Waals surface area contributed by atoms with Crippen molar-refractivity contribution in [3.63, 3.8) is 0 Å². The van der Waals surface area contributed by atoms with Crippen molar-refractivity contribution in [3.05, 3.63) is 135 Å². The summed E-state index contributed by atoms with van der Waals surface area (Å²) in [6.45, 7) is 2.36. The van der Waals surface area contributed by atoms with Crippen molar-refractivity contribution in [3.8, 4) is 11.5 Å². The molecule has 22 heteroatoms. The number of alkyl carbamates (subject to hydrolysis) is 1. The summed E-state index contributed by atoms with van der Waals surface area (Å²) < 4.78 is 17.7. The number of nitrogens with one attached hydrogen (secondary N) is 3. The molecule has 2 aliphatic carbocycles. The molecule has 22 nitrogen and oxygen atoms in total. The Morgan fingerprint density at radius 1 is 0.843 bits per heavy atom. The first kappa shape index (κ1) is 61.1. The van der Waals surface area contributed by atoms with E-state index in [-0.39, 0.29) is 84.6 Å². The number of unbranched alkanes of at least 4 members (excludes halogenated alkanes) is 3. The summed E-state index contributed by atoms with van der Waals surface area (Å²) in [5.41, 5.74) is 4.05. The number of Topliss-reactive ketones (excluding diaryl/α,β-unsaturated/α-hetero) is 2. The number of aliphatic hydroxyl groups excluding tert-OH is 2. The van der Waals surface area contributed by atoms with E-state index >= 15 is 0 Å². The lowest BCUT2D eigenvalue weighted by Crippen LogP contribution is -2.56. The number of amides is 5. The second-order valence-electron chi connectivity index (χ2n) is 21.6. The summed E-state index contributed by atoms with van der Waals surface area (Å²) in [4.78, 5) is 120. The van der Waals surface area contributed by atoms with E-state index in [1.807, 2.05) is 30.3 Å². The van der Waals surface area contributed by atoms with Crippen molar-refractivity contribution in [2.24, 2.45) is 11.7 Å². The van der Waals surface area contributed by atoms with E-state index in [2.05, 4.69) is 16.0 Å². The molecule has 5 amide bonds. The third-order valence-corrected chi connectivity index (χ3v) is 15.7. The van der Waals surface area contributed by atoms with Gasteiger partial charge in [-0.25, -0.2) is 4.79 Å². The summed E-state index contributed by atoms with van der Waals surface area (Å²) in [7, 11) is 0. The summed E-state index contributed by atoms with van der Waals surface area (Å²) in [5, 5.41) is 64.6. The number of carbonyl (C=O) groups excluding carboxylic acids is 9. The molecule has 4 aromatic carbocycles. The number of rotatable bonds is 25. The van der Waals surface area contributed by atoms with Gasteiger partial charge in [0.05, 0.1) is 35.4 Å². The first-order valence-corrected chi connectivity index (χ1v) is 27.8. The number of benzene rings is 4. The molecule has 0 saturated carbocycles. The van der Waals surface area contributed by atoms with Crippen LogP contribution in [0, 0.1) is 12.8 Å². The van der Waals surface area contributed by atoms with Crippen LogP contribution in [0.15, 0.2) is 84.9 Å². The minimum Gasteiger partial charge on any atom is -0.507 e. The number of aliphatic hydroxyl groups is 3. The van der Waals surface area contributed by atoms with Crippen molar-refractivity contribution < 1.29 is 82.9 Å². The number of ether oxygens (including phenoxy) is 3. The maximum absolute atomic E-state index is 14.1. The zero-order chi connectivity index (χ0) is 59.7. The number of phenols is 2. The molecule has 1 saturated heterocycles. The zero-order valence-corrected chi connectivity index (χ0v) is 46.1. The normalized spacial score (nSPS) is 21.6. The summed E-state index contributed by atoms with van der Waals surface area (Å²) in [5.74, 6) is -6.68. The Morgan fingerprint density at radius 2 is 1.55 bits per heavy atom. The van der Waals surface area contributed by atoms with E-state index in [1.54, 1.807) is 43.3 Å². The fraction of sp³-hybridized carbons (Fsp3) is 0.426. The third-order valence-electron chi connectivity index (χ3n) is 15.7. The SMILES string of the molecule is Cc1cccc2c1C(=O)c1c(O)c3c(c(O)c1C2=O)C[C@@](O)(C(=O)CO)C[C@@H]3OC1C[C@H](NC(=O)OCc2ccc(NC(=O)[C@H](CCCCN)CC(=O)[C@H](Cc3ccccc3)NC(=O)CCCCCN3C(=O)C=CC3=O)cc2)C(O)[C@H](C)O1. The number of imide groups is 1. The van der Waals surface area contributed by atoms with Crippen molar-refractivity contribution in [2.75, 3.05) is 25.0 Å². The van der Waals surface area contributed by atoms with Crippen LogP contribution in [0.25, 0.3) is 0 Å². The van der Waals surface area contributed by atoms with Crippen LogP contribution in [0.3, 0.4) is 0 Å². The van der Waals surface area contributed by atoms with Gasteiger partial charge in [0.25, 0.3) is 11.8 Å². The van der Waals surface area contributed by atoms with Gasteiger partial charge in [-0.05, 0) is 81.3 Å². The Kier molecular flexibility index (Phi) is 19.8. The molecule has 10 N–H and O–H groups in total. The number of nitrogens with two attached hydrogens (primary N) is 1. The Balaban J connectivity index is 0.876. The van der Waals surface area contributed by atoms with Crippen LogP contribution < -0.4 is 21.7 Å². The highest BCUT2D eigenvalue weighted by Gasteiger charge is 2.50. The van der Waals surface area contributed by atoms with Gasteiger partial charge in [-0.2, -0.15) is 0 Å². The monoisotopic (exact) mass is 1140 g/mol. The van der Waals surface area contributed by atoms with Gasteiger partial charge in [0.2, 0.25) is 11.8 Å². The average Bonchev–Trinajstić information content (AvgIpc) is 1.49. The first-order valence-electron chi connectivity index (χ1n) is 27.8. The molecule has 2 unspecified atom stereocenters. The minimum atomic E-state index is -2.39. The molecule has 0 radical (unpaired) electrons. The second-order valence-corrected chi connectivity index (χ2v) is 21.6. The molecule has 4 aliphatic rings. The lowest BCUT2D eigenvalue weighted by molar-refractivity contribution is -0.249. The number of fused-ring (bicyclic) bond motifs is 3. The molecular formula is C61H69N5O17. The van der Waals surface area contributed by atoms with Crippen LogP contribution in [0.5, 0.6) is 11.5 Å². The van der Waals surface area contributed by atoms with Gasteiger partial charge >= 0.3 is 6.09 Å². The van der Waals surface area contributed by atoms with E-state index in [1.165, 1.54) is 25.1 Å². The molecule has 2 heterocycles. The standard InChI is InChI=1S/C61H69N5O17/c1-33-12-11-16-39-50(33)57(76)53-52(55(39)74)56(75)40-29-61(80,45(69)31-67)30-44(51(40)58(53)77)83-49-28-42(54(73)34(2)82-49)65-60(79)81-32-36-18-20-38(21-19-36)63-59(78)37(15-8-9-24-62)27-43(68)41(26-35-13-5-3-6-14-35)64-46(70)17-7-4-10-25-66-47(71)22-23-48(66)72/h3,5-6,11-14,16,18-23,34,37,41-42,44,49,54,67,73,75,77,80H,4,7-10,15,17,24-32,62H2,1-2H3,(H,63,78)(H,64,70)(H,65,79)/t34-,37+,41-,42-,44-,49?,54?,61-/m0/s1. The summed E-state index contributed by atoms with van der Waals surface area (Å²) in [6, 6.07) is 18.1. The van der Waals surface area contributed by atoms with Crippen molar-refractivity contribution in [2.45, 2.75) is 140 Å². The van der Waals surface area contributed by atoms with E-state index in [4.69, 9.17) is 19.9 Å². The highest BCUT2D eigenvalue weighted by molar-refractivity contribution is 6.31. The molecular weight excluding hydrogens is 1070 g/mol. The van der Waals surface area contributed by atoms with E-state index in [0.29, 0.717) is 61.9 Å². The van der Waals surface area contributed by atoms with Gasteiger partial charge in [0.15, 0.2) is 29.4 Å². The van der Waals surface area contributed by atoms with Crippen LogP contribution in [0.2, 0.25) is 0 Å². The number of anilines is 1.